The van der Waals surface area contributed by atoms with Gasteiger partial charge in [0, 0.05) is 20.1 Å². The normalized spacial score (nSPS) is 15.3. The van der Waals surface area contributed by atoms with Crippen LogP contribution in [0.15, 0.2) is 35.5 Å². The minimum Gasteiger partial charge on any atom is -0.341 e. The van der Waals surface area contributed by atoms with Crippen molar-refractivity contribution in [2.75, 3.05) is 25.0 Å². The first-order chi connectivity index (χ1) is 13.1. The van der Waals surface area contributed by atoms with Crippen molar-refractivity contribution in [2.24, 2.45) is 0 Å². The molecule has 3 amide bonds. The Labute approximate surface area is 162 Å². The van der Waals surface area contributed by atoms with Crippen LogP contribution in [0.3, 0.4) is 0 Å². The van der Waals surface area contributed by atoms with Crippen LogP contribution >= 0.6 is 11.8 Å². The number of aromatic nitrogens is 3. The van der Waals surface area contributed by atoms with Crippen molar-refractivity contribution in [1.82, 2.24) is 25.4 Å². The third-order valence-electron chi connectivity index (χ3n) is 4.38. The van der Waals surface area contributed by atoms with Gasteiger partial charge in [0.15, 0.2) is 5.16 Å². The molecule has 0 aliphatic carbocycles. The molecular weight excluding hydrogens is 364 g/mol. The van der Waals surface area contributed by atoms with Gasteiger partial charge in [-0.15, -0.1) is 10.2 Å². The number of amides is 3. The van der Waals surface area contributed by atoms with Gasteiger partial charge in [0.05, 0.1) is 10.9 Å². The van der Waals surface area contributed by atoms with Gasteiger partial charge in [0.2, 0.25) is 11.9 Å². The summed E-state index contributed by atoms with van der Waals surface area (Å²) in [6.07, 6.45) is 3.50. The van der Waals surface area contributed by atoms with Gasteiger partial charge in [-0.2, -0.15) is 0 Å². The highest BCUT2D eigenvalue weighted by atomic mass is 32.2. The average Bonchev–Trinajstić information content (AvgIpc) is 3.12. The summed E-state index contributed by atoms with van der Waals surface area (Å²) in [7, 11) is 1.47. The van der Waals surface area contributed by atoms with Crippen molar-refractivity contribution >= 4 is 29.6 Å². The van der Waals surface area contributed by atoms with Gasteiger partial charge in [-0.3, -0.25) is 14.7 Å². The Morgan fingerprint density at radius 1 is 1.11 bits per heavy atom. The number of nitrogens with one attached hydrogen (secondary N) is 2. The van der Waals surface area contributed by atoms with Gasteiger partial charge in [-0.05, 0) is 38.3 Å². The maximum absolute atomic E-state index is 12.2. The number of rotatable bonds is 5. The van der Waals surface area contributed by atoms with Crippen molar-refractivity contribution in [3.8, 4) is 5.69 Å². The summed E-state index contributed by atoms with van der Waals surface area (Å²) in [6.45, 7) is 3.64. The molecule has 8 nitrogen and oxygen atoms in total. The lowest BCUT2D eigenvalue weighted by atomic mass is 10.1. The molecule has 144 valence electrons. The van der Waals surface area contributed by atoms with E-state index in [1.807, 2.05) is 34.9 Å². The topological polar surface area (TPSA) is 92.2 Å². The quantitative estimate of drug-likeness (QED) is 0.763. The minimum atomic E-state index is -0.522. The number of para-hydroxylation sites is 1. The van der Waals surface area contributed by atoms with Gasteiger partial charge in [0.1, 0.15) is 0 Å². The summed E-state index contributed by atoms with van der Waals surface area (Å²) in [5.41, 5.74) is 0.949. The van der Waals surface area contributed by atoms with Crippen LogP contribution in [0.1, 0.15) is 26.2 Å². The Morgan fingerprint density at radius 2 is 1.81 bits per heavy atom. The smallest absolute Gasteiger partial charge is 0.321 e. The molecule has 1 aliphatic heterocycles. The number of carbonyl (C=O) groups excluding carboxylic acids is 2. The number of imide groups is 1. The maximum atomic E-state index is 12.2. The fourth-order valence-electron chi connectivity index (χ4n) is 2.93. The molecule has 1 fully saturated rings. The number of carbonyl (C=O) groups is 2. The van der Waals surface area contributed by atoms with Crippen molar-refractivity contribution in [2.45, 2.75) is 36.6 Å². The van der Waals surface area contributed by atoms with E-state index in [9.17, 15) is 9.59 Å². The van der Waals surface area contributed by atoms with Crippen LogP contribution in [0, 0.1) is 0 Å². The number of piperidine rings is 1. The van der Waals surface area contributed by atoms with Crippen LogP contribution < -0.4 is 15.5 Å². The molecule has 0 spiro atoms. The first-order valence-electron chi connectivity index (χ1n) is 9.05. The zero-order valence-electron chi connectivity index (χ0n) is 15.5. The molecule has 0 bridgehead atoms. The molecule has 0 radical (unpaired) electrons. The monoisotopic (exact) mass is 388 g/mol. The van der Waals surface area contributed by atoms with E-state index in [0.717, 1.165) is 37.6 Å². The van der Waals surface area contributed by atoms with Crippen molar-refractivity contribution in [3.63, 3.8) is 0 Å². The molecule has 9 heteroatoms. The lowest BCUT2D eigenvalue weighted by Gasteiger charge is -2.28. The predicted molar refractivity (Wildman–Crippen MR) is 105 cm³/mol. The summed E-state index contributed by atoms with van der Waals surface area (Å²) < 4.78 is 1.99. The molecule has 2 aromatic rings. The van der Waals surface area contributed by atoms with Gasteiger partial charge in [0.25, 0.3) is 0 Å². The van der Waals surface area contributed by atoms with Gasteiger partial charge in [-0.25, -0.2) is 4.79 Å². The molecule has 3 rings (SSSR count). The summed E-state index contributed by atoms with van der Waals surface area (Å²) in [6, 6.07) is 9.36. The molecule has 1 aromatic carbocycles. The van der Waals surface area contributed by atoms with Crippen molar-refractivity contribution in [3.05, 3.63) is 30.3 Å². The Bertz CT molecular complexity index is 788. The van der Waals surface area contributed by atoms with Crippen LogP contribution in [-0.4, -0.2) is 52.1 Å². The Kier molecular flexibility index (Phi) is 6.33. The number of anilines is 1. The molecule has 1 saturated heterocycles. The number of benzene rings is 1. The average molecular weight is 388 g/mol. The third kappa shape index (κ3) is 4.60. The summed E-state index contributed by atoms with van der Waals surface area (Å²) in [5, 5.41) is 13.6. The predicted octanol–water partition coefficient (Wildman–Crippen LogP) is 2.19. The highest BCUT2D eigenvalue weighted by Gasteiger charge is 2.25. The Balaban J connectivity index is 1.87. The number of nitrogens with zero attached hydrogens (tertiary/aromatic N) is 4. The minimum absolute atomic E-state index is 0.374. The van der Waals surface area contributed by atoms with Gasteiger partial charge in [-0.1, -0.05) is 30.0 Å². The maximum Gasteiger partial charge on any atom is 0.321 e. The SMILES string of the molecule is CNC(=O)NC(=O)[C@@H](C)Sc1nnc(N2CCCCC2)n1-c1ccccc1. The number of hydrogen-bond acceptors (Lipinski definition) is 6. The molecular formula is C18H24N6O2S. The van der Waals surface area contributed by atoms with Gasteiger partial charge < -0.3 is 10.2 Å². The van der Waals surface area contributed by atoms with Crippen molar-refractivity contribution < 1.29 is 9.59 Å². The molecule has 2 N–H and O–H groups in total. The first-order valence-corrected chi connectivity index (χ1v) is 9.93. The van der Waals surface area contributed by atoms with Crippen LogP contribution in [0.25, 0.3) is 5.69 Å². The van der Waals surface area contributed by atoms with Crippen LogP contribution in [0.4, 0.5) is 10.7 Å². The first kappa shape index (κ1) is 19.2. The highest BCUT2D eigenvalue weighted by Crippen LogP contribution is 2.30. The van der Waals surface area contributed by atoms with Crippen LogP contribution in [-0.2, 0) is 4.79 Å². The molecule has 1 atom stereocenters. The Morgan fingerprint density at radius 3 is 2.48 bits per heavy atom. The van der Waals surface area contributed by atoms with Gasteiger partial charge >= 0.3 is 6.03 Å². The second-order valence-corrected chi connectivity index (χ2v) is 7.64. The van der Waals surface area contributed by atoms with E-state index in [-0.39, 0.29) is 5.91 Å². The lowest BCUT2D eigenvalue weighted by Crippen LogP contribution is -2.41. The standard InChI is InChI=1S/C18H24N6O2S/c1-13(15(25)20-16(26)19-2)27-18-22-21-17(23-11-7-4-8-12-23)24(18)14-9-5-3-6-10-14/h3,5-6,9-10,13H,4,7-8,11-12H2,1-2H3,(H2,19,20,25,26)/t13-/m1/s1. The van der Waals surface area contributed by atoms with E-state index in [0.29, 0.717) is 5.16 Å². The molecule has 0 unspecified atom stereocenters. The number of hydrogen-bond donors (Lipinski definition) is 2. The van der Waals surface area contributed by atoms with E-state index in [2.05, 4.69) is 25.7 Å². The fourth-order valence-corrected chi connectivity index (χ4v) is 3.79. The molecule has 27 heavy (non-hydrogen) atoms. The van der Waals surface area contributed by atoms with Crippen molar-refractivity contribution in [1.29, 1.82) is 0 Å². The number of thioether (sulfide) groups is 1. The van der Waals surface area contributed by atoms with E-state index in [4.69, 9.17) is 0 Å². The fraction of sp³-hybridized carbons (Fsp3) is 0.444. The largest absolute Gasteiger partial charge is 0.341 e. The van der Waals surface area contributed by atoms with E-state index < -0.39 is 11.3 Å². The Hall–Kier alpha value is -2.55. The van der Waals surface area contributed by atoms with Crippen LogP contribution in [0.5, 0.6) is 0 Å². The lowest BCUT2D eigenvalue weighted by molar-refractivity contribution is -0.119. The third-order valence-corrected chi connectivity index (χ3v) is 5.43. The van der Waals surface area contributed by atoms with E-state index in [1.165, 1.54) is 25.2 Å². The summed E-state index contributed by atoms with van der Waals surface area (Å²) >= 11 is 1.28. The molecule has 0 saturated carbocycles. The zero-order chi connectivity index (χ0) is 19.2. The molecule has 1 aromatic heterocycles. The second-order valence-electron chi connectivity index (χ2n) is 6.33. The molecule has 2 heterocycles. The van der Waals surface area contributed by atoms with Crippen LogP contribution in [0.2, 0.25) is 0 Å². The number of urea groups is 1. The highest BCUT2D eigenvalue weighted by molar-refractivity contribution is 8.00. The second kappa shape index (κ2) is 8.90. The van der Waals surface area contributed by atoms with E-state index in [1.54, 1.807) is 6.92 Å². The molecule has 1 aliphatic rings. The zero-order valence-corrected chi connectivity index (χ0v) is 16.3. The summed E-state index contributed by atoms with van der Waals surface area (Å²) in [4.78, 5) is 25.8. The van der Waals surface area contributed by atoms with E-state index >= 15 is 0 Å². The summed E-state index contributed by atoms with van der Waals surface area (Å²) in [5.74, 6) is 0.420.